The molecule has 0 spiro atoms. The van der Waals surface area contributed by atoms with E-state index in [0.717, 1.165) is 53.6 Å². The molecule has 0 unspecified atom stereocenters. The SMILES string of the molecule is Clc1ccc(-c2nnc3n2CN(CCCn2ccnc2)CS3)cc1. The molecule has 0 amide bonds. The third-order valence-electron chi connectivity index (χ3n) is 3.99. The van der Waals surface area contributed by atoms with Crippen LogP contribution in [0.3, 0.4) is 0 Å². The highest BCUT2D eigenvalue weighted by Gasteiger charge is 2.22. The van der Waals surface area contributed by atoms with Gasteiger partial charge in [-0.3, -0.25) is 9.47 Å². The number of hydrogen-bond acceptors (Lipinski definition) is 5. The van der Waals surface area contributed by atoms with E-state index in [1.807, 2.05) is 43.0 Å². The highest BCUT2D eigenvalue weighted by atomic mass is 35.5. The van der Waals surface area contributed by atoms with Crippen LogP contribution in [0.15, 0.2) is 48.1 Å². The van der Waals surface area contributed by atoms with Crippen molar-refractivity contribution in [1.29, 1.82) is 0 Å². The quantitative estimate of drug-likeness (QED) is 0.699. The number of aromatic nitrogens is 5. The standard InChI is InChI=1S/C16H17ClN6S/c17-14-4-2-13(3-5-14)15-19-20-16-23(15)11-22(12-24-16)8-1-7-21-9-6-18-10-21/h2-6,9-10H,1,7-8,11-12H2. The molecule has 3 aromatic rings. The van der Waals surface area contributed by atoms with E-state index >= 15 is 0 Å². The van der Waals surface area contributed by atoms with Gasteiger partial charge in [0.25, 0.3) is 0 Å². The summed E-state index contributed by atoms with van der Waals surface area (Å²) < 4.78 is 4.29. The van der Waals surface area contributed by atoms with E-state index < -0.39 is 0 Å². The molecule has 1 aromatic carbocycles. The van der Waals surface area contributed by atoms with E-state index in [-0.39, 0.29) is 0 Å². The van der Waals surface area contributed by atoms with Crippen molar-refractivity contribution in [2.45, 2.75) is 24.8 Å². The molecule has 1 aliphatic heterocycles. The van der Waals surface area contributed by atoms with Crippen molar-refractivity contribution in [3.8, 4) is 11.4 Å². The van der Waals surface area contributed by atoms with Gasteiger partial charge >= 0.3 is 0 Å². The molecule has 0 aliphatic carbocycles. The van der Waals surface area contributed by atoms with Gasteiger partial charge in [-0.15, -0.1) is 10.2 Å². The highest BCUT2D eigenvalue weighted by molar-refractivity contribution is 7.99. The van der Waals surface area contributed by atoms with Gasteiger partial charge in [0.2, 0.25) is 0 Å². The van der Waals surface area contributed by atoms with E-state index in [2.05, 4.69) is 29.2 Å². The molecular weight excluding hydrogens is 344 g/mol. The summed E-state index contributed by atoms with van der Waals surface area (Å²) in [5.74, 6) is 1.84. The number of imidazole rings is 1. The van der Waals surface area contributed by atoms with Crippen molar-refractivity contribution in [2.75, 3.05) is 12.4 Å². The molecule has 24 heavy (non-hydrogen) atoms. The molecule has 0 saturated heterocycles. The van der Waals surface area contributed by atoms with Gasteiger partial charge < -0.3 is 4.57 Å². The molecule has 0 saturated carbocycles. The molecule has 6 nitrogen and oxygen atoms in total. The average Bonchev–Trinajstić information content (AvgIpc) is 3.25. The lowest BCUT2D eigenvalue weighted by atomic mass is 10.2. The van der Waals surface area contributed by atoms with Crippen LogP contribution in [0.25, 0.3) is 11.4 Å². The van der Waals surface area contributed by atoms with Crippen LogP contribution < -0.4 is 0 Å². The molecule has 3 heterocycles. The lowest BCUT2D eigenvalue weighted by Crippen LogP contribution is -2.31. The molecule has 8 heteroatoms. The first-order valence-electron chi connectivity index (χ1n) is 7.79. The van der Waals surface area contributed by atoms with E-state index in [0.29, 0.717) is 0 Å². The number of nitrogens with zero attached hydrogens (tertiary/aromatic N) is 6. The van der Waals surface area contributed by atoms with Crippen LogP contribution in [0.5, 0.6) is 0 Å². The Morgan fingerprint density at radius 1 is 1.12 bits per heavy atom. The number of benzene rings is 1. The Hall–Kier alpha value is -1.83. The van der Waals surface area contributed by atoms with E-state index in [9.17, 15) is 0 Å². The normalized spacial score (nSPS) is 14.7. The maximum atomic E-state index is 5.98. The number of hydrogen-bond donors (Lipinski definition) is 0. The number of aryl methyl sites for hydroxylation is 1. The topological polar surface area (TPSA) is 51.8 Å². The van der Waals surface area contributed by atoms with Gasteiger partial charge in [-0.1, -0.05) is 23.4 Å². The molecule has 0 radical (unpaired) electrons. The van der Waals surface area contributed by atoms with Gasteiger partial charge in [-0.25, -0.2) is 4.98 Å². The zero-order chi connectivity index (χ0) is 16.4. The Kier molecular flexibility index (Phi) is 4.55. The molecule has 0 atom stereocenters. The van der Waals surface area contributed by atoms with Crippen molar-refractivity contribution in [3.63, 3.8) is 0 Å². The molecule has 0 N–H and O–H groups in total. The Bertz CT molecular complexity index is 799. The largest absolute Gasteiger partial charge is 0.337 e. The fraction of sp³-hybridized carbons (Fsp3) is 0.312. The van der Waals surface area contributed by atoms with Crippen molar-refractivity contribution in [1.82, 2.24) is 29.2 Å². The van der Waals surface area contributed by atoms with Crippen LogP contribution in [0.4, 0.5) is 0 Å². The van der Waals surface area contributed by atoms with Crippen molar-refractivity contribution in [2.24, 2.45) is 0 Å². The minimum absolute atomic E-state index is 0.729. The first-order valence-corrected chi connectivity index (χ1v) is 9.16. The summed E-state index contributed by atoms with van der Waals surface area (Å²) in [5, 5.41) is 10.4. The summed E-state index contributed by atoms with van der Waals surface area (Å²) in [6, 6.07) is 7.75. The van der Waals surface area contributed by atoms with Crippen LogP contribution in [0, 0.1) is 0 Å². The van der Waals surface area contributed by atoms with Crippen LogP contribution in [0.1, 0.15) is 6.42 Å². The molecule has 2 aromatic heterocycles. The second-order valence-corrected chi connectivity index (χ2v) is 7.05. The smallest absolute Gasteiger partial charge is 0.193 e. The molecule has 1 aliphatic rings. The predicted molar refractivity (Wildman–Crippen MR) is 94.7 cm³/mol. The van der Waals surface area contributed by atoms with Gasteiger partial charge in [0.1, 0.15) is 0 Å². The molecule has 124 valence electrons. The Labute approximate surface area is 149 Å². The Balaban J connectivity index is 1.44. The third kappa shape index (κ3) is 3.33. The van der Waals surface area contributed by atoms with Gasteiger partial charge in [-0.05, 0) is 30.7 Å². The summed E-state index contributed by atoms with van der Waals surface area (Å²) in [6.45, 7) is 2.83. The minimum Gasteiger partial charge on any atom is -0.337 e. The summed E-state index contributed by atoms with van der Waals surface area (Å²) in [5.41, 5.74) is 1.04. The van der Waals surface area contributed by atoms with Crippen LogP contribution >= 0.6 is 23.4 Å². The highest BCUT2D eigenvalue weighted by Crippen LogP contribution is 2.29. The Morgan fingerprint density at radius 3 is 2.79 bits per heavy atom. The number of fused-ring (bicyclic) bond motifs is 1. The Morgan fingerprint density at radius 2 is 2.00 bits per heavy atom. The summed E-state index contributed by atoms with van der Waals surface area (Å²) in [4.78, 5) is 6.49. The van der Waals surface area contributed by atoms with Gasteiger partial charge in [-0.2, -0.15) is 0 Å². The number of halogens is 1. The maximum absolute atomic E-state index is 5.98. The third-order valence-corrected chi connectivity index (χ3v) is 5.29. The summed E-state index contributed by atoms with van der Waals surface area (Å²) in [7, 11) is 0. The van der Waals surface area contributed by atoms with Gasteiger partial charge in [0.15, 0.2) is 11.0 Å². The maximum Gasteiger partial charge on any atom is 0.193 e. The number of rotatable bonds is 5. The summed E-state index contributed by atoms with van der Waals surface area (Å²) >= 11 is 7.71. The van der Waals surface area contributed by atoms with E-state index in [1.54, 1.807) is 11.8 Å². The first-order chi connectivity index (χ1) is 11.8. The minimum atomic E-state index is 0.729. The summed E-state index contributed by atoms with van der Waals surface area (Å²) in [6.07, 6.45) is 6.77. The average molecular weight is 361 g/mol. The fourth-order valence-electron chi connectivity index (χ4n) is 2.76. The predicted octanol–water partition coefficient (Wildman–Crippen LogP) is 3.21. The van der Waals surface area contributed by atoms with Gasteiger partial charge in [0, 0.05) is 36.1 Å². The second-order valence-electron chi connectivity index (χ2n) is 5.70. The lowest BCUT2D eigenvalue weighted by Gasteiger charge is -2.27. The molecule has 4 rings (SSSR count). The molecule has 0 bridgehead atoms. The second kappa shape index (κ2) is 6.96. The zero-order valence-corrected chi connectivity index (χ0v) is 14.6. The van der Waals surface area contributed by atoms with Crippen LogP contribution in [-0.4, -0.2) is 41.6 Å². The first kappa shape index (κ1) is 15.7. The fourth-order valence-corrected chi connectivity index (χ4v) is 3.79. The van der Waals surface area contributed by atoms with Gasteiger partial charge in [0.05, 0.1) is 18.9 Å². The van der Waals surface area contributed by atoms with Crippen molar-refractivity contribution < 1.29 is 0 Å². The van der Waals surface area contributed by atoms with Crippen molar-refractivity contribution >= 4 is 23.4 Å². The molecular formula is C16H17ClN6S. The van der Waals surface area contributed by atoms with Crippen molar-refractivity contribution in [3.05, 3.63) is 48.0 Å². The lowest BCUT2D eigenvalue weighted by molar-refractivity contribution is 0.233. The monoisotopic (exact) mass is 360 g/mol. The van der Waals surface area contributed by atoms with Crippen LogP contribution in [0.2, 0.25) is 5.02 Å². The molecule has 0 fully saturated rings. The van der Waals surface area contributed by atoms with E-state index in [4.69, 9.17) is 11.6 Å². The van der Waals surface area contributed by atoms with Crippen LogP contribution in [-0.2, 0) is 13.2 Å². The zero-order valence-electron chi connectivity index (χ0n) is 13.0. The number of thioether (sulfide) groups is 1. The van der Waals surface area contributed by atoms with E-state index in [1.165, 1.54) is 0 Å².